The molecule has 1 heterocycles. The van der Waals surface area contributed by atoms with Crippen LogP contribution in [-0.2, 0) is 4.57 Å². The molecule has 0 aromatic heterocycles. The molecule has 1 rings (SSSR count). The molecule has 0 N–H and O–H groups in total. The zero-order chi connectivity index (χ0) is 7.07. The molecular weight excluding hydrogens is 267 g/mol. The zero-order valence-electron chi connectivity index (χ0n) is 5.18. The highest BCUT2D eigenvalue weighted by Gasteiger charge is 2.37. The average molecular weight is 276 g/mol. The first-order valence-electron chi connectivity index (χ1n) is 2.88. The van der Waals surface area contributed by atoms with Crippen LogP contribution in [0.15, 0.2) is 0 Å². The molecule has 1 nitrogen and oxygen atoms in total. The molecule has 0 spiro atoms. The van der Waals surface area contributed by atoms with Gasteiger partial charge in [-0.25, -0.2) is 0 Å². The van der Waals surface area contributed by atoms with Crippen molar-refractivity contribution in [2.45, 2.75) is 15.8 Å². The fourth-order valence-electron chi connectivity index (χ4n) is 0.983. The lowest BCUT2D eigenvalue weighted by Crippen LogP contribution is -2.02. The summed E-state index contributed by atoms with van der Waals surface area (Å²) >= 11 is 6.88. The summed E-state index contributed by atoms with van der Waals surface area (Å²) in [6.45, 7) is 1.87. The van der Waals surface area contributed by atoms with Crippen molar-refractivity contribution in [1.82, 2.24) is 0 Å². The van der Waals surface area contributed by atoms with Crippen molar-refractivity contribution >= 4 is 39.0 Å². The van der Waals surface area contributed by atoms with E-state index in [1.54, 1.807) is 0 Å². The van der Waals surface area contributed by atoms with Crippen LogP contribution in [0.2, 0.25) is 0 Å². The molecule has 54 valence electrons. The molecule has 0 aromatic rings. The summed E-state index contributed by atoms with van der Waals surface area (Å²) in [6.07, 6.45) is 1.93. The lowest BCUT2D eigenvalue weighted by atomic mass is 10.4. The van der Waals surface area contributed by atoms with Gasteiger partial charge in [-0.05, 0) is 13.1 Å². The SMILES string of the molecule is CP1(=O)CCC(Br)C1Br. The van der Waals surface area contributed by atoms with Crippen molar-refractivity contribution in [2.24, 2.45) is 0 Å². The standard InChI is InChI=1S/C5H9Br2OP/c1-9(8)3-2-4(6)5(9)7/h4-5H,2-3H2,1H3. The minimum absolute atomic E-state index is 0.213. The summed E-state index contributed by atoms with van der Waals surface area (Å²) < 4.78 is 11.7. The fourth-order valence-corrected chi connectivity index (χ4v) is 5.82. The van der Waals surface area contributed by atoms with Gasteiger partial charge in [-0.2, -0.15) is 0 Å². The van der Waals surface area contributed by atoms with E-state index in [1.165, 1.54) is 0 Å². The van der Waals surface area contributed by atoms with Crippen LogP contribution in [0.4, 0.5) is 0 Å². The van der Waals surface area contributed by atoms with Crippen molar-refractivity contribution in [3.8, 4) is 0 Å². The van der Waals surface area contributed by atoms with Crippen LogP contribution in [0.3, 0.4) is 0 Å². The van der Waals surface area contributed by atoms with Crippen molar-refractivity contribution < 1.29 is 4.57 Å². The monoisotopic (exact) mass is 274 g/mol. The van der Waals surface area contributed by atoms with E-state index in [2.05, 4.69) is 31.9 Å². The smallest absolute Gasteiger partial charge is 0.0989 e. The summed E-state index contributed by atoms with van der Waals surface area (Å²) in [4.78, 5) is 0.424. The average Bonchev–Trinajstić information content (AvgIpc) is 1.97. The summed E-state index contributed by atoms with van der Waals surface area (Å²) in [6, 6.07) is 0. The molecule has 3 unspecified atom stereocenters. The summed E-state index contributed by atoms with van der Waals surface area (Å²) in [7, 11) is -1.82. The maximum Gasteiger partial charge on any atom is 0.0989 e. The predicted molar refractivity (Wildman–Crippen MR) is 48.4 cm³/mol. The Hall–Kier alpha value is 1.19. The first-order chi connectivity index (χ1) is 4.04. The van der Waals surface area contributed by atoms with Gasteiger partial charge >= 0.3 is 0 Å². The van der Waals surface area contributed by atoms with Crippen molar-refractivity contribution in [3.05, 3.63) is 0 Å². The van der Waals surface area contributed by atoms with Crippen molar-refractivity contribution in [3.63, 3.8) is 0 Å². The maximum atomic E-state index is 11.5. The van der Waals surface area contributed by atoms with Crippen molar-refractivity contribution in [2.75, 3.05) is 12.8 Å². The molecule has 0 radical (unpaired) electrons. The third-order valence-corrected chi connectivity index (χ3v) is 9.56. The quantitative estimate of drug-likeness (QED) is 0.491. The number of halogens is 2. The van der Waals surface area contributed by atoms with E-state index in [-0.39, 0.29) is 4.57 Å². The molecule has 0 aliphatic carbocycles. The van der Waals surface area contributed by atoms with Crippen molar-refractivity contribution in [1.29, 1.82) is 0 Å². The first kappa shape index (κ1) is 8.29. The van der Waals surface area contributed by atoms with Crippen LogP contribution >= 0.6 is 39.0 Å². The summed E-state index contributed by atoms with van der Waals surface area (Å²) in [5.74, 6) is 0. The zero-order valence-corrected chi connectivity index (χ0v) is 9.25. The van der Waals surface area contributed by atoms with Gasteiger partial charge in [0, 0.05) is 11.0 Å². The van der Waals surface area contributed by atoms with Gasteiger partial charge < -0.3 is 4.57 Å². The van der Waals surface area contributed by atoms with Gasteiger partial charge in [-0.1, -0.05) is 31.9 Å². The van der Waals surface area contributed by atoms with Gasteiger partial charge in [-0.3, -0.25) is 0 Å². The van der Waals surface area contributed by atoms with E-state index in [0.717, 1.165) is 12.6 Å². The minimum atomic E-state index is -1.82. The van der Waals surface area contributed by atoms with E-state index < -0.39 is 7.14 Å². The third-order valence-electron chi connectivity index (χ3n) is 1.67. The van der Waals surface area contributed by atoms with Crippen LogP contribution in [0.25, 0.3) is 0 Å². The Kier molecular flexibility index (Phi) is 2.46. The third kappa shape index (κ3) is 1.61. The molecule has 1 aliphatic heterocycles. The Bertz CT molecular complexity index is 159. The second-order valence-corrected chi connectivity index (χ2v) is 8.80. The Labute approximate surface area is 72.2 Å². The molecule has 1 saturated heterocycles. The van der Waals surface area contributed by atoms with Crippen LogP contribution in [-0.4, -0.2) is 22.2 Å². The van der Waals surface area contributed by atoms with Gasteiger partial charge in [0.1, 0.15) is 0 Å². The predicted octanol–water partition coefficient (Wildman–Crippen LogP) is 2.87. The molecule has 1 aliphatic rings. The lowest BCUT2D eigenvalue weighted by Gasteiger charge is -2.09. The highest BCUT2D eigenvalue weighted by atomic mass is 79.9. The Morgan fingerprint density at radius 2 is 2.11 bits per heavy atom. The van der Waals surface area contributed by atoms with E-state index in [0.29, 0.717) is 4.83 Å². The van der Waals surface area contributed by atoms with E-state index in [9.17, 15) is 4.57 Å². The maximum absolute atomic E-state index is 11.5. The van der Waals surface area contributed by atoms with Crippen LogP contribution in [0, 0.1) is 0 Å². The van der Waals surface area contributed by atoms with Gasteiger partial charge in [0.25, 0.3) is 0 Å². The summed E-state index contributed by atoms with van der Waals surface area (Å²) in [5, 5.41) is 0. The normalized spacial score (nSPS) is 51.9. The van der Waals surface area contributed by atoms with Crippen LogP contribution < -0.4 is 0 Å². The fraction of sp³-hybridized carbons (Fsp3) is 1.00. The Balaban J connectivity index is 2.74. The molecule has 4 heteroatoms. The Morgan fingerprint density at radius 1 is 1.56 bits per heavy atom. The Morgan fingerprint density at radius 3 is 2.22 bits per heavy atom. The van der Waals surface area contributed by atoms with Gasteiger partial charge in [-0.15, -0.1) is 0 Å². The van der Waals surface area contributed by atoms with Crippen LogP contribution in [0.5, 0.6) is 0 Å². The minimum Gasteiger partial charge on any atom is -0.323 e. The van der Waals surface area contributed by atoms with Gasteiger partial charge in [0.15, 0.2) is 0 Å². The first-order valence-corrected chi connectivity index (χ1v) is 7.12. The number of rotatable bonds is 0. The van der Waals surface area contributed by atoms with E-state index in [4.69, 9.17) is 0 Å². The van der Waals surface area contributed by atoms with E-state index in [1.807, 2.05) is 6.66 Å². The molecule has 9 heavy (non-hydrogen) atoms. The molecule has 3 atom stereocenters. The second kappa shape index (κ2) is 2.67. The highest BCUT2D eigenvalue weighted by Crippen LogP contribution is 2.59. The molecule has 0 saturated carbocycles. The summed E-state index contributed by atoms with van der Waals surface area (Å²) in [5.41, 5.74) is 0. The molecule has 0 aromatic carbocycles. The number of hydrogen-bond acceptors (Lipinski definition) is 1. The highest BCUT2D eigenvalue weighted by molar-refractivity contribution is 9.13. The topological polar surface area (TPSA) is 17.1 Å². The lowest BCUT2D eigenvalue weighted by molar-refractivity contribution is 0.581. The van der Waals surface area contributed by atoms with Gasteiger partial charge in [0.05, 0.1) is 11.7 Å². The van der Waals surface area contributed by atoms with E-state index >= 15 is 0 Å². The second-order valence-electron chi connectivity index (χ2n) is 2.58. The molecule has 0 bridgehead atoms. The molecule has 1 fully saturated rings. The van der Waals surface area contributed by atoms with Gasteiger partial charge in [0.2, 0.25) is 0 Å². The molecular formula is C5H9Br2OP. The number of alkyl halides is 2. The largest absolute Gasteiger partial charge is 0.323 e. The number of hydrogen-bond donors (Lipinski definition) is 0. The molecule has 0 amide bonds. The van der Waals surface area contributed by atoms with Crippen LogP contribution in [0.1, 0.15) is 6.42 Å².